The van der Waals surface area contributed by atoms with Gasteiger partial charge in [0.05, 0.1) is 12.8 Å². The number of ether oxygens (including phenoxy) is 1. The number of benzene rings is 1. The van der Waals surface area contributed by atoms with Gasteiger partial charge in [-0.3, -0.25) is 4.90 Å². The fraction of sp³-hybridized carbons (Fsp3) is 0.263. The Morgan fingerprint density at radius 3 is 2.68 bits per heavy atom. The van der Waals surface area contributed by atoms with Gasteiger partial charge in [-0.25, -0.2) is 0 Å². The summed E-state index contributed by atoms with van der Waals surface area (Å²) in [7, 11) is 0. The molecular formula is C19H20ClNO3S. The van der Waals surface area contributed by atoms with Gasteiger partial charge >= 0.3 is 0 Å². The van der Waals surface area contributed by atoms with Gasteiger partial charge in [-0.15, -0.1) is 0 Å². The number of rotatable bonds is 9. The van der Waals surface area contributed by atoms with E-state index in [1.54, 1.807) is 41.9 Å². The summed E-state index contributed by atoms with van der Waals surface area (Å²) in [5.41, 5.74) is 1.22. The average Bonchev–Trinajstić information content (AvgIpc) is 3.28. The summed E-state index contributed by atoms with van der Waals surface area (Å²) in [5, 5.41) is 15.2. The van der Waals surface area contributed by atoms with Crippen LogP contribution in [0.25, 0.3) is 0 Å². The number of halogens is 1. The van der Waals surface area contributed by atoms with E-state index in [1.165, 1.54) is 5.56 Å². The first-order valence-electron chi connectivity index (χ1n) is 8.01. The lowest BCUT2D eigenvalue weighted by Gasteiger charge is -2.24. The van der Waals surface area contributed by atoms with Crippen molar-refractivity contribution in [2.75, 3.05) is 13.2 Å². The molecule has 132 valence electrons. The topological polar surface area (TPSA) is 45.8 Å². The van der Waals surface area contributed by atoms with Crippen molar-refractivity contribution in [3.8, 4) is 5.75 Å². The second kappa shape index (κ2) is 9.06. The largest absolute Gasteiger partial charge is 0.491 e. The molecule has 25 heavy (non-hydrogen) atoms. The third-order valence-electron chi connectivity index (χ3n) is 3.67. The lowest BCUT2D eigenvalue weighted by molar-refractivity contribution is 0.0605. The molecule has 6 heteroatoms. The Hall–Kier alpha value is -1.79. The van der Waals surface area contributed by atoms with Crippen LogP contribution in [0, 0.1) is 0 Å². The molecule has 2 aromatic heterocycles. The van der Waals surface area contributed by atoms with Crippen molar-refractivity contribution in [2.24, 2.45) is 0 Å². The van der Waals surface area contributed by atoms with Crippen molar-refractivity contribution in [3.63, 3.8) is 0 Å². The molecule has 0 aliphatic heterocycles. The van der Waals surface area contributed by atoms with Crippen LogP contribution in [0.1, 0.15) is 11.3 Å². The fourth-order valence-electron chi connectivity index (χ4n) is 2.52. The van der Waals surface area contributed by atoms with Crippen molar-refractivity contribution in [2.45, 2.75) is 19.2 Å². The van der Waals surface area contributed by atoms with Gasteiger partial charge in [-0.05, 0) is 58.8 Å². The van der Waals surface area contributed by atoms with Gasteiger partial charge in [-0.2, -0.15) is 11.3 Å². The van der Waals surface area contributed by atoms with E-state index in [-0.39, 0.29) is 6.61 Å². The van der Waals surface area contributed by atoms with Gasteiger partial charge in [0.25, 0.3) is 0 Å². The predicted octanol–water partition coefficient (Wildman–Crippen LogP) is 4.44. The number of aliphatic hydroxyl groups is 1. The van der Waals surface area contributed by atoms with Crippen LogP contribution in [-0.4, -0.2) is 29.3 Å². The summed E-state index contributed by atoms with van der Waals surface area (Å²) < 4.78 is 11.1. The van der Waals surface area contributed by atoms with E-state index in [0.29, 0.717) is 23.9 Å². The standard InChI is InChI=1S/C19H20ClNO3S/c20-16-3-5-18(6-4-16)24-13-17(22)11-21(10-15-7-9-25-14-15)12-19-2-1-8-23-19/h1-9,14,17,22H,10-13H2/t17-/m0/s1. The summed E-state index contributed by atoms with van der Waals surface area (Å²) in [5.74, 6) is 1.57. The minimum absolute atomic E-state index is 0.222. The van der Waals surface area contributed by atoms with Crippen LogP contribution < -0.4 is 4.74 Å². The Morgan fingerprint density at radius 1 is 1.16 bits per heavy atom. The summed E-state index contributed by atoms with van der Waals surface area (Å²) in [6.07, 6.45) is 1.06. The van der Waals surface area contributed by atoms with E-state index < -0.39 is 6.10 Å². The lowest BCUT2D eigenvalue weighted by atomic mass is 10.2. The Morgan fingerprint density at radius 2 is 2.00 bits per heavy atom. The first-order valence-corrected chi connectivity index (χ1v) is 9.33. The van der Waals surface area contributed by atoms with Crippen LogP contribution in [0.5, 0.6) is 5.75 Å². The molecule has 1 N–H and O–H groups in total. The van der Waals surface area contributed by atoms with E-state index in [2.05, 4.69) is 21.7 Å². The van der Waals surface area contributed by atoms with Crippen LogP contribution in [0.4, 0.5) is 0 Å². The first-order chi connectivity index (χ1) is 12.2. The maximum absolute atomic E-state index is 10.4. The summed E-state index contributed by atoms with van der Waals surface area (Å²) >= 11 is 7.53. The van der Waals surface area contributed by atoms with Gasteiger partial charge in [0.2, 0.25) is 0 Å². The molecule has 1 atom stereocenters. The smallest absolute Gasteiger partial charge is 0.119 e. The second-order valence-electron chi connectivity index (χ2n) is 5.80. The van der Waals surface area contributed by atoms with Gasteiger partial charge in [0, 0.05) is 18.1 Å². The van der Waals surface area contributed by atoms with Crippen molar-refractivity contribution in [3.05, 3.63) is 75.8 Å². The van der Waals surface area contributed by atoms with E-state index in [1.807, 2.05) is 12.1 Å². The molecule has 0 aliphatic carbocycles. The van der Waals surface area contributed by atoms with Crippen LogP contribution in [0.3, 0.4) is 0 Å². The highest BCUT2D eigenvalue weighted by atomic mass is 35.5. The molecule has 0 amide bonds. The van der Waals surface area contributed by atoms with Gasteiger partial charge < -0.3 is 14.3 Å². The molecule has 0 saturated carbocycles. The average molecular weight is 378 g/mol. The van der Waals surface area contributed by atoms with Gasteiger partial charge in [-0.1, -0.05) is 11.6 Å². The Kier molecular flexibility index (Phi) is 6.53. The molecule has 0 fully saturated rings. The van der Waals surface area contributed by atoms with Gasteiger partial charge in [0.1, 0.15) is 24.2 Å². The Labute approximate surface area is 156 Å². The number of aliphatic hydroxyl groups excluding tert-OH is 1. The molecule has 0 saturated heterocycles. The highest BCUT2D eigenvalue weighted by Gasteiger charge is 2.15. The molecule has 3 rings (SSSR count). The molecule has 3 aromatic rings. The zero-order valence-corrected chi connectivity index (χ0v) is 15.2. The fourth-order valence-corrected chi connectivity index (χ4v) is 3.31. The molecule has 0 radical (unpaired) electrons. The summed E-state index contributed by atoms with van der Waals surface area (Å²) in [6.45, 7) is 2.10. The van der Waals surface area contributed by atoms with E-state index >= 15 is 0 Å². The molecule has 0 spiro atoms. The maximum atomic E-state index is 10.4. The quantitative estimate of drug-likeness (QED) is 0.599. The first kappa shape index (κ1) is 18.0. The van der Waals surface area contributed by atoms with Crippen LogP contribution in [-0.2, 0) is 13.1 Å². The van der Waals surface area contributed by atoms with Crippen molar-refractivity contribution in [1.82, 2.24) is 4.90 Å². The van der Waals surface area contributed by atoms with E-state index in [4.69, 9.17) is 20.8 Å². The predicted molar refractivity (Wildman–Crippen MR) is 100 cm³/mol. The van der Waals surface area contributed by atoms with Crippen molar-refractivity contribution in [1.29, 1.82) is 0 Å². The van der Waals surface area contributed by atoms with E-state index in [9.17, 15) is 5.11 Å². The third kappa shape index (κ3) is 5.90. The van der Waals surface area contributed by atoms with Gasteiger partial charge in [0.15, 0.2) is 0 Å². The number of hydrogen-bond acceptors (Lipinski definition) is 5. The molecule has 0 aliphatic rings. The zero-order valence-electron chi connectivity index (χ0n) is 13.7. The molecule has 0 bridgehead atoms. The van der Waals surface area contributed by atoms with Crippen molar-refractivity contribution >= 4 is 22.9 Å². The minimum atomic E-state index is -0.607. The SMILES string of the molecule is O[C@H](COc1ccc(Cl)cc1)CN(Cc1ccsc1)Cc1ccco1. The normalized spacial score (nSPS) is 12.4. The van der Waals surface area contributed by atoms with Crippen molar-refractivity contribution < 1.29 is 14.3 Å². The molecule has 2 heterocycles. The number of hydrogen-bond donors (Lipinski definition) is 1. The van der Waals surface area contributed by atoms with Crippen LogP contribution >= 0.6 is 22.9 Å². The number of thiophene rings is 1. The van der Waals surface area contributed by atoms with Crippen LogP contribution in [0.15, 0.2) is 63.9 Å². The highest BCUT2D eigenvalue weighted by molar-refractivity contribution is 7.07. The molecule has 1 aromatic carbocycles. The Bertz CT molecular complexity index is 692. The minimum Gasteiger partial charge on any atom is -0.491 e. The summed E-state index contributed by atoms with van der Waals surface area (Å²) in [4.78, 5) is 2.15. The zero-order chi connectivity index (χ0) is 17.5. The lowest BCUT2D eigenvalue weighted by Crippen LogP contribution is -2.34. The number of furan rings is 1. The molecular weight excluding hydrogens is 358 g/mol. The maximum Gasteiger partial charge on any atom is 0.119 e. The third-order valence-corrected chi connectivity index (χ3v) is 4.65. The molecule has 4 nitrogen and oxygen atoms in total. The summed E-state index contributed by atoms with van der Waals surface area (Å²) in [6, 6.07) is 13.0. The Balaban J connectivity index is 1.55. The van der Waals surface area contributed by atoms with Crippen LogP contribution in [0.2, 0.25) is 5.02 Å². The number of nitrogens with zero attached hydrogens (tertiary/aromatic N) is 1. The second-order valence-corrected chi connectivity index (χ2v) is 7.02. The highest BCUT2D eigenvalue weighted by Crippen LogP contribution is 2.17. The monoisotopic (exact) mass is 377 g/mol. The molecule has 0 unspecified atom stereocenters. The van der Waals surface area contributed by atoms with E-state index in [0.717, 1.165) is 12.3 Å².